The second-order valence-corrected chi connectivity index (χ2v) is 15.5. The van der Waals surface area contributed by atoms with Crippen molar-refractivity contribution < 1.29 is 14.3 Å². The predicted molar refractivity (Wildman–Crippen MR) is 240 cm³/mol. The Kier molecular flexibility index (Phi) is 11.2. The molecule has 4 heterocycles. The van der Waals surface area contributed by atoms with Crippen molar-refractivity contribution in [2.75, 3.05) is 17.7 Å². The number of aromatic nitrogens is 2. The number of benzene rings is 5. The molecular formula is C47H34ClN5O3S2. The van der Waals surface area contributed by atoms with Crippen LogP contribution < -0.4 is 16.4 Å². The van der Waals surface area contributed by atoms with E-state index in [1.165, 1.54) is 40.9 Å². The number of methoxy groups -OCH3 is 1. The number of nitrogens with two attached hydrogens (primary N) is 1. The van der Waals surface area contributed by atoms with Crippen molar-refractivity contribution in [2.24, 2.45) is 5.73 Å². The Balaban J connectivity index is 0.000000164. The van der Waals surface area contributed by atoms with Crippen LogP contribution in [-0.4, -0.2) is 29.0 Å². The van der Waals surface area contributed by atoms with E-state index in [-0.39, 0.29) is 5.97 Å². The molecule has 9 rings (SSSR count). The molecule has 0 spiro atoms. The summed E-state index contributed by atoms with van der Waals surface area (Å²) in [5.74, 6) is -0.816. The number of carbonyl (C=O) groups is 2. The summed E-state index contributed by atoms with van der Waals surface area (Å²) in [5.41, 5.74) is 15.6. The standard InChI is InChI=1S/C26H19N3OS.C21H15ClN2O2S/c27-26(30)23-15-21-22(16-28-24(25(21)31-23)19-9-5-2-6-10-19)29-20-13-11-18(12-14-20)17-7-3-1-4-8-17;1-26-21(25)18-11-16-17(12-23-20(22)19(16)27-18)24-15-9-7-14(8-10-15)13-5-3-2-4-6-13/h1-16,29H,(H2,27,30);2-12,24H,1H3. The van der Waals surface area contributed by atoms with Crippen molar-refractivity contribution in [3.63, 3.8) is 0 Å². The van der Waals surface area contributed by atoms with Crippen LogP contribution in [-0.2, 0) is 4.74 Å². The minimum Gasteiger partial charge on any atom is -0.465 e. The van der Waals surface area contributed by atoms with E-state index in [1.807, 2.05) is 103 Å². The smallest absolute Gasteiger partial charge is 0.348 e. The van der Waals surface area contributed by atoms with Crippen LogP contribution in [0.2, 0.25) is 5.15 Å². The van der Waals surface area contributed by atoms with Gasteiger partial charge in [0, 0.05) is 27.7 Å². The monoisotopic (exact) mass is 815 g/mol. The molecule has 58 heavy (non-hydrogen) atoms. The van der Waals surface area contributed by atoms with Gasteiger partial charge in [0.2, 0.25) is 0 Å². The van der Waals surface area contributed by atoms with E-state index >= 15 is 0 Å². The molecule has 4 N–H and O–H groups in total. The van der Waals surface area contributed by atoms with Crippen molar-refractivity contribution in [3.8, 4) is 33.5 Å². The molecule has 9 aromatic rings. The van der Waals surface area contributed by atoms with Crippen LogP contribution in [0.1, 0.15) is 19.3 Å². The lowest BCUT2D eigenvalue weighted by molar-refractivity contribution is 0.0606. The second-order valence-electron chi connectivity index (χ2n) is 13.0. The van der Waals surface area contributed by atoms with Crippen molar-refractivity contribution in [3.05, 3.63) is 179 Å². The van der Waals surface area contributed by atoms with E-state index in [0.29, 0.717) is 14.9 Å². The lowest BCUT2D eigenvalue weighted by Gasteiger charge is -2.11. The summed E-state index contributed by atoms with van der Waals surface area (Å²) in [5, 5.41) is 8.95. The topological polar surface area (TPSA) is 119 Å². The van der Waals surface area contributed by atoms with Crippen molar-refractivity contribution in [1.82, 2.24) is 9.97 Å². The molecule has 0 aliphatic rings. The van der Waals surface area contributed by atoms with E-state index in [2.05, 4.69) is 64.1 Å². The van der Waals surface area contributed by atoms with Crippen LogP contribution in [0.5, 0.6) is 0 Å². The molecule has 0 saturated carbocycles. The highest BCUT2D eigenvalue weighted by molar-refractivity contribution is 7.21. The Morgan fingerprint density at radius 2 is 1.00 bits per heavy atom. The first-order chi connectivity index (χ1) is 28.3. The SMILES string of the molecule is COC(=O)c1cc2c(Nc3ccc(-c4ccccc4)cc3)cnc(Cl)c2s1.NC(=O)c1cc2c(Nc3ccc(-c4ccccc4)cc3)cnc(-c3ccccc3)c2s1. The number of pyridine rings is 2. The van der Waals surface area contributed by atoms with Crippen LogP contribution in [0.3, 0.4) is 0 Å². The molecule has 0 aliphatic carbocycles. The third-order valence-corrected chi connectivity index (χ3v) is 12.0. The maximum atomic E-state index is 11.9. The fourth-order valence-corrected chi connectivity index (χ4v) is 8.69. The van der Waals surface area contributed by atoms with Gasteiger partial charge in [0.15, 0.2) is 0 Å². The summed E-state index contributed by atoms with van der Waals surface area (Å²) >= 11 is 8.85. The summed E-state index contributed by atoms with van der Waals surface area (Å²) < 4.78 is 6.50. The molecule has 8 nitrogen and oxygen atoms in total. The first-order valence-corrected chi connectivity index (χ1v) is 20.1. The van der Waals surface area contributed by atoms with E-state index < -0.39 is 5.91 Å². The summed E-state index contributed by atoms with van der Waals surface area (Å²) in [6.45, 7) is 0. The van der Waals surface area contributed by atoms with Gasteiger partial charge in [0.1, 0.15) is 10.0 Å². The Labute approximate surface area is 347 Å². The Morgan fingerprint density at radius 3 is 1.50 bits per heavy atom. The number of hydrogen-bond acceptors (Lipinski definition) is 9. The summed E-state index contributed by atoms with van der Waals surface area (Å²) in [6, 6.07) is 50.4. The highest BCUT2D eigenvalue weighted by atomic mass is 35.5. The van der Waals surface area contributed by atoms with E-state index in [9.17, 15) is 9.59 Å². The van der Waals surface area contributed by atoms with Crippen LogP contribution in [0.15, 0.2) is 164 Å². The maximum absolute atomic E-state index is 11.9. The number of anilines is 4. The molecule has 284 valence electrons. The lowest BCUT2D eigenvalue weighted by atomic mass is 10.1. The fraction of sp³-hybridized carbons (Fsp3) is 0.0213. The van der Waals surface area contributed by atoms with Crippen molar-refractivity contribution >= 4 is 89.1 Å². The number of nitrogens with one attached hydrogen (secondary N) is 2. The second kappa shape index (κ2) is 17.1. The zero-order valence-electron chi connectivity index (χ0n) is 31.0. The van der Waals surface area contributed by atoms with Gasteiger partial charge in [-0.3, -0.25) is 9.78 Å². The van der Waals surface area contributed by atoms with Gasteiger partial charge in [-0.25, -0.2) is 9.78 Å². The number of ether oxygens (including phenoxy) is 1. The summed E-state index contributed by atoms with van der Waals surface area (Å²) in [7, 11) is 1.36. The number of fused-ring (bicyclic) bond motifs is 2. The van der Waals surface area contributed by atoms with Gasteiger partial charge in [-0.05, 0) is 58.7 Å². The number of hydrogen-bond donors (Lipinski definition) is 3. The molecular weight excluding hydrogens is 782 g/mol. The van der Waals surface area contributed by atoms with E-state index in [0.717, 1.165) is 65.3 Å². The number of rotatable bonds is 9. The quantitative estimate of drug-likeness (QED) is 0.0980. The molecule has 4 aromatic heterocycles. The number of carbonyl (C=O) groups excluding carboxylic acids is 2. The summed E-state index contributed by atoms with van der Waals surface area (Å²) in [4.78, 5) is 33.6. The predicted octanol–water partition coefficient (Wildman–Crippen LogP) is 12.6. The molecule has 5 aromatic carbocycles. The van der Waals surface area contributed by atoms with Gasteiger partial charge in [-0.2, -0.15) is 0 Å². The third kappa shape index (κ3) is 8.30. The average molecular weight is 816 g/mol. The molecule has 0 saturated heterocycles. The first-order valence-electron chi connectivity index (χ1n) is 18.1. The largest absolute Gasteiger partial charge is 0.465 e. The van der Waals surface area contributed by atoms with Crippen LogP contribution in [0.25, 0.3) is 53.7 Å². The van der Waals surface area contributed by atoms with E-state index in [1.54, 1.807) is 12.3 Å². The number of halogens is 1. The first kappa shape index (κ1) is 38.0. The summed E-state index contributed by atoms with van der Waals surface area (Å²) in [6.07, 6.45) is 3.48. The highest BCUT2D eigenvalue weighted by Crippen LogP contribution is 2.39. The van der Waals surface area contributed by atoms with Gasteiger partial charge in [-0.1, -0.05) is 127 Å². The molecule has 0 aliphatic heterocycles. The zero-order chi connectivity index (χ0) is 40.0. The average Bonchev–Trinajstić information content (AvgIpc) is 3.94. The molecule has 11 heteroatoms. The van der Waals surface area contributed by atoms with Crippen LogP contribution >= 0.6 is 34.3 Å². The molecule has 0 unspecified atom stereocenters. The third-order valence-electron chi connectivity index (χ3n) is 9.30. The van der Waals surface area contributed by atoms with Gasteiger partial charge >= 0.3 is 5.97 Å². The van der Waals surface area contributed by atoms with Crippen LogP contribution in [0.4, 0.5) is 22.7 Å². The van der Waals surface area contributed by atoms with Crippen molar-refractivity contribution in [1.29, 1.82) is 0 Å². The van der Waals surface area contributed by atoms with Gasteiger partial charge < -0.3 is 21.1 Å². The minimum absolute atomic E-state index is 0.370. The normalized spacial score (nSPS) is 10.8. The Bertz CT molecular complexity index is 2870. The van der Waals surface area contributed by atoms with Gasteiger partial charge in [0.05, 0.1) is 50.8 Å². The number of primary amides is 1. The molecule has 0 bridgehead atoms. The number of nitrogens with zero attached hydrogens (tertiary/aromatic N) is 2. The number of thiophene rings is 2. The van der Waals surface area contributed by atoms with E-state index in [4.69, 9.17) is 27.1 Å². The van der Waals surface area contributed by atoms with Crippen molar-refractivity contribution in [2.45, 2.75) is 0 Å². The minimum atomic E-state index is -0.432. The highest BCUT2D eigenvalue weighted by Gasteiger charge is 2.17. The number of amides is 1. The molecule has 0 atom stereocenters. The molecule has 0 fully saturated rings. The fourth-order valence-electron chi connectivity index (χ4n) is 6.41. The molecule has 0 radical (unpaired) electrons. The van der Waals surface area contributed by atoms with Gasteiger partial charge in [0.25, 0.3) is 5.91 Å². The maximum Gasteiger partial charge on any atom is 0.348 e. The zero-order valence-corrected chi connectivity index (χ0v) is 33.4. The Morgan fingerprint density at radius 1 is 0.569 bits per heavy atom. The lowest BCUT2D eigenvalue weighted by Crippen LogP contribution is -2.08. The molecule has 1 amide bonds. The Hall–Kier alpha value is -6.85. The van der Waals surface area contributed by atoms with Crippen LogP contribution in [0, 0.1) is 0 Å². The van der Waals surface area contributed by atoms with Gasteiger partial charge in [-0.15, -0.1) is 22.7 Å². The number of esters is 1.